The first kappa shape index (κ1) is 13.1. The van der Waals surface area contributed by atoms with E-state index in [0.717, 1.165) is 5.56 Å². The summed E-state index contributed by atoms with van der Waals surface area (Å²) < 4.78 is 0. The topological polar surface area (TPSA) is 54.0 Å². The molecule has 4 nitrogen and oxygen atoms in total. The van der Waals surface area contributed by atoms with Crippen LogP contribution in [0.4, 0.5) is 5.82 Å². The van der Waals surface area contributed by atoms with Crippen LogP contribution >= 0.6 is 11.6 Å². The zero-order valence-electron chi connectivity index (χ0n) is 10.0. The van der Waals surface area contributed by atoms with Crippen molar-refractivity contribution in [3.8, 4) is 0 Å². The summed E-state index contributed by atoms with van der Waals surface area (Å²) in [5.74, 6) is 0.256. The molecule has 1 amide bonds. The predicted octanol–water partition coefficient (Wildman–Crippen LogP) is 2.89. The highest BCUT2D eigenvalue weighted by atomic mass is 35.5. The molecule has 2 rings (SSSR count). The molecule has 0 aliphatic carbocycles. The molecule has 0 aliphatic heterocycles. The van der Waals surface area contributed by atoms with Gasteiger partial charge in [0.05, 0.1) is 5.02 Å². The molecule has 19 heavy (non-hydrogen) atoms. The normalized spacial score (nSPS) is 10.4. The van der Waals surface area contributed by atoms with Crippen LogP contribution in [0.1, 0.15) is 5.56 Å². The van der Waals surface area contributed by atoms with E-state index in [0.29, 0.717) is 10.8 Å². The van der Waals surface area contributed by atoms with Crippen molar-refractivity contribution < 1.29 is 4.79 Å². The van der Waals surface area contributed by atoms with Crippen LogP contribution in [0.15, 0.2) is 54.7 Å². The monoisotopic (exact) mass is 273 g/mol. The van der Waals surface area contributed by atoms with Crippen molar-refractivity contribution in [3.05, 3.63) is 65.3 Å². The maximum Gasteiger partial charge on any atom is 0.262 e. The van der Waals surface area contributed by atoms with Gasteiger partial charge in [-0.25, -0.2) is 4.98 Å². The van der Waals surface area contributed by atoms with Gasteiger partial charge in [-0.3, -0.25) is 15.6 Å². The van der Waals surface area contributed by atoms with Crippen molar-refractivity contribution in [2.45, 2.75) is 0 Å². The average molecular weight is 274 g/mol. The summed E-state index contributed by atoms with van der Waals surface area (Å²) in [6.07, 6.45) is 4.67. The van der Waals surface area contributed by atoms with Crippen molar-refractivity contribution in [2.24, 2.45) is 0 Å². The zero-order chi connectivity index (χ0) is 13.5. The first-order valence-electron chi connectivity index (χ1n) is 5.65. The van der Waals surface area contributed by atoms with E-state index in [1.165, 1.54) is 12.3 Å². The van der Waals surface area contributed by atoms with Crippen molar-refractivity contribution >= 4 is 29.4 Å². The lowest BCUT2D eigenvalue weighted by Gasteiger charge is -2.04. The fourth-order valence-electron chi connectivity index (χ4n) is 1.35. The lowest BCUT2D eigenvalue weighted by atomic mass is 10.2. The summed E-state index contributed by atoms with van der Waals surface area (Å²) >= 11 is 5.70. The second kappa shape index (κ2) is 6.56. The molecule has 1 heterocycles. The third-order valence-electron chi connectivity index (χ3n) is 2.27. The second-order valence-electron chi connectivity index (χ2n) is 3.72. The van der Waals surface area contributed by atoms with Gasteiger partial charge in [0.1, 0.15) is 5.82 Å². The number of carbonyl (C=O) groups excluding carboxylic acids is 1. The lowest BCUT2D eigenvalue weighted by molar-refractivity contribution is -0.116. The molecule has 0 aliphatic rings. The van der Waals surface area contributed by atoms with E-state index >= 15 is 0 Å². The molecule has 1 aromatic heterocycles. The number of aromatic nitrogens is 1. The van der Waals surface area contributed by atoms with Crippen LogP contribution < -0.4 is 10.9 Å². The molecule has 0 spiro atoms. The minimum Gasteiger partial charge on any atom is -0.282 e. The van der Waals surface area contributed by atoms with Crippen LogP contribution in [-0.4, -0.2) is 10.9 Å². The average Bonchev–Trinajstić information content (AvgIpc) is 2.45. The first-order chi connectivity index (χ1) is 9.24. The maximum atomic E-state index is 11.5. The fraction of sp³-hybridized carbons (Fsp3) is 0. The molecular formula is C14H12ClN3O. The standard InChI is InChI=1S/C14H12ClN3O/c15-12-7-8-13(16-10-12)17-18-14(19)9-6-11-4-2-1-3-5-11/h1-10H,(H,16,17)(H,18,19). The molecule has 96 valence electrons. The van der Waals surface area contributed by atoms with Gasteiger partial charge in [-0.1, -0.05) is 41.9 Å². The molecule has 1 aromatic carbocycles. The van der Waals surface area contributed by atoms with Crippen molar-refractivity contribution in [1.82, 2.24) is 10.4 Å². The van der Waals surface area contributed by atoms with E-state index in [9.17, 15) is 4.79 Å². The van der Waals surface area contributed by atoms with Crippen LogP contribution in [-0.2, 0) is 4.79 Å². The Hall–Kier alpha value is -2.33. The van der Waals surface area contributed by atoms with Gasteiger partial charge in [-0.2, -0.15) is 0 Å². The Kier molecular flexibility index (Phi) is 4.53. The van der Waals surface area contributed by atoms with E-state index in [1.54, 1.807) is 18.2 Å². The second-order valence-corrected chi connectivity index (χ2v) is 4.16. The highest BCUT2D eigenvalue weighted by Gasteiger charge is 1.96. The van der Waals surface area contributed by atoms with Gasteiger partial charge < -0.3 is 0 Å². The summed E-state index contributed by atoms with van der Waals surface area (Å²) in [7, 11) is 0. The SMILES string of the molecule is O=C(C=Cc1ccccc1)NNc1ccc(Cl)cn1. The quantitative estimate of drug-likeness (QED) is 0.665. The molecule has 0 fully saturated rings. The molecule has 2 aromatic rings. The lowest BCUT2D eigenvalue weighted by Crippen LogP contribution is -2.27. The first-order valence-corrected chi connectivity index (χ1v) is 6.02. The van der Waals surface area contributed by atoms with E-state index in [1.807, 2.05) is 30.3 Å². The Morgan fingerprint density at radius 1 is 1.16 bits per heavy atom. The zero-order valence-corrected chi connectivity index (χ0v) is 10.8. The number of hydrogen-bond donors (Lipinski definition) is 2. The molecule has 0 radical (unpaired) electrons. The Labute approximate surface area is 116 Å². The van der Waals surface area contributed by atoms with E-state index in [4.69, 9.17) is 11.6 Å². The molecule has 5 heteroatoms. The minimum atomic E-state index is -0.263. The number of anilines is 1. The number of nitrogens with zero attached hydrogens (tertiary/aromatic N) is 1. The molecule has 2 N–H and O–H groups in total. The number of rotatable bonds is 4. The summed E-state index contributed by atoms with van der Waals surface area (Å²) in [6.45, 7) is 0. The summed E-state index contributed by atoms with van der Waals surface area (Å²) in [5, 5.41) is 0.542. The van der Waals surface area contributed by atoms with Crippen LogP contribution in [0.25, 0.3) is 6.08 Å². The minimum absolute atomic E-state index is 0.263. The summed E-state index contributed by atoms with van der Waals surface area (Å²) in [5.41, 5.74) is 6.16. The predicted molar refractivity (Wildman–Crippen MR) is 76.5 cm³/mol. The Bertz CT molecular complexity index is 567. The Morgan fingerprint density at radius 2 is 1.95 bits per heavy atom. The van der Waals surface area contributed by atoms with Crippen LogP contribution in [0.2, 0.25) is 5.02 Å². The van der Waals surface area contributed by atoms with Gasteiger partial charge in [-0.05, 0) is 23.8 Å². The number of hydrazine groups is 1. The molecule has 0 unspecified atom stereocenters. The molecule has 0 bridgehead atoms. The smallest absolute Gasteiger partial charge is 0.262 e. The third-order valence-corrected chi connectivity index (χ3v) is 2.49. The van der Waals surface area contributed by atoms with Gasteiger partial charge in [0.15, 0.2) is 0 Å². The summed E-state index contributed by atoms with van der Waals surface area (Å²) in [4.78, 5) is 15.5. The summed E-state index contributed by atoms with van der Waals surface area (Å²) in [6, 6.07) is 12.9. The maximum absolute atomic E-state index is 11.5. The van der Waals surface area contributed by atoms with Crippen LogP contribution in [0.3, 0.4) is 0 Å². The van der Waals surface area contributed by atoms with E-state index in [2.05, 4.69) is 15.8 Å². The molecule has 0 saturated heterocycles. The van der Waals surface area contributed by atoms with Gasteiger partial charge in [0.25, 0.3) is 5.91 Å². The van der Waals surface area contributed by atoms with Gasteiger partial charge >= 0.3 is 0 Å². The molecular weight excluding hydrogens is 262 g/mol. The Balaban J connectivity index is 1.85. The highest BCUT2D eigenvalue weighted by Crippen LogP contribution is 2.08. The van der Waals surface area contributed by atoms with E-state index < -0.39 is 0 Å². The molecule has 0 saturated carbocycles. The largest absolute Gasteiger partial charge is 0.282 e. The van der Waals surface area contributed by atoms with Gasteiger partial charge in [0.2, 0.25) is 0 Å². The van der Waals surface area contributed by atoms with Crippen molar-refractivity contribution in [2.75, 3.05) is 5.43 Å². The number of nitrogens with one attached hydrogen (secondary N) is 2. The van der Waals surface area contributed by atoms with Gasteiger partial charge in [-0.15, -0.1) is 0 Å². The third kappa shape index (κ3) is 4.44. The van der Waals surface area contributed by atoms with E-state index in [-0.39, 0.29) is 5.91 Å². The fourth-order valence-corrected chi connectivity index (χ4v) is 1.46. The highest BCUT2D eigenvalue weighted by molar-refractivity contribution is 6.30. The van der Waals surface area contributed by atoms with Crippen molar-refractivity contribution in [3.63, 3.8) is 0 Å². The number of halogens is 1. The number of hydrogen-bond acceptors (Lipinski definition) is 3. The number of amides is 1. The van der Waals surface area contributed by atoms with Gasteiger partial charge in [0, 0.05) is 12.3 Å². The number of carbonyl (C=O) groups is 1. The number of benzene rings is 1. The van der Waals surface area contributed by atoms with Crippen molar-refractivity contribution in [1.29, 1.82) is 0 Å². The van der Waals surface area contributed by atoms with Crippen LogP contribution in [0.5, 0.6) is 0 Å². The molecule has 0 atom stereocenters. The number of pyridine rings is 1. The Morgan fingerprint density at radius 3 is 2.63 bits per heavy atom. The van der Waals surface area contributed by atoms with Crippen LogP contribution in [0, 0.1) is 0 Å².